The van der Waals surface area contributed by atoms with E-state index in [4.69, 9.17) is 4.74 Å². The minimum atomic E-state index is 0.0410. The number of aldehydes is 1. The number of aromatic hydroxyl groups is 1. The van der Waals surface area contributed by atoms with Gasteiger partial charge in [-0.2, -0.15) is 0 Å². The molecule has 0 aliphatic heterocycles. The van der Waals surface area contributed by atoms with E-state index in [1.165, 1.54) is 0 Å². The third-order valence-corrected chi connectivity index (χ3v) is 2.43. The third-order valence-electron chi connectivity index (χ3n) is 2.43. The van der Waals surface area contributed by atoms with Gasteiger partial charge < -0.3 is 14.6 Å². The van der Waals surface area contributed by atoms with E-state index in [0.717, 1.165) is 17.4 Å². The number of methoxy groups -OCH3 is 1. The normalized spacial score (nSPS) is 12.4. The van der Waals surface area contributed by atoms with Crippen LogP contribution in [0.4, 0.5) is 0 Å². The maximum atomic E-state index is 10.4. The average Bonchev–Trinajstić information content (AvgIpc) is 2.22. The van der Waals surface area contributed by atoms with Gasteiger partial charge in [-0.15, -0.1) is 0 Å². The number of hydrogen-bond acceptors (Lipinski definition) is 3. The Kier molecular flexibility index (Phi) is 4.31. The summed E-state index contributed by atoms with van der Waals surface area (Å²) in [5.41, 5.74) is 1.56. The molecular weight excluding hydrogens is 192 g/mol. The Morgan fingerprint density at radius 3 is 2.87 bits per heavy atom. The molecule has 0 spiro atoms. The lowest BCUT2D eigenvalue weighted by Gasteiger charge is -2.13. The van der Waals surface area contributed by atoms with Gasteiger partial charge in [0.05, 0.1) is 6.61 Å². The molecule has 0 bridgehead atoms. The molecule has 0 saturated carbocycles. The maximum Gasteiger partial charge on any atom is 0.124 e. The van der Waals surface area contributed by atoms with Crippen LogP contribution in [0.3, 0.4) is 0 Å². The number of phenolic OH excluding ortho intramolecular Hbond substituents is 1. The molecule has 82 valence electrons. The van der Waals surface area contributed by atoms with E-state index in [0.29, 0.717) is 13.0 Å². The van der Waals surface area contributed by atoms with Crippen molar-refractivity contribution in [2.75, 3.05) is 7.11 Å². The van der Waals surface area contributed by atoms with Crippen molar-refractivity contribution in [2.24, 2.45) is 0 Å². The topological polar surface area (TPSA) is 46.5 Å². The van der Waals surface area contributed by atoms with Gasteiger partial charge >= 0.3 is 0 Å². The van der Waals surface area contributed by atoms with E-state index in [2.05, 4.69) is 0 Å². The van der Waals surface area contributed by atoms with Gasteiger partial charge in [0.25, 0.3) is 0 Å². The molecule has 0 heterocycles. The molecule has 0 aliphatic carbocycles. The molecule has 15 heavy (non-hydrogen) atoms. The lowest BCUT2D eigenvalue weighted by atomic mass is 9.95. The van der Waals surface area contributed by atoms with Gasteiger partial charge in [0.15, 0.2) is 0 Å². The van der Waals surface area contributed by atoms with Gasteiger partial charge in [0.2, 0.25) is 0 Å². The molecule has 1 aromatic rings. The van der Waals surface area contributed by atoms with Crippen molar-refractivity contribution in [2.45, 2.75) is 25.9 Å². The summed E-state index contributed by atoms with van der Waals surface area (Å²) >= 11 is 0. The fourth-order valence-corrected chi connectivity index (χ4v) is 1.55. The van der Waals surface area contributed by atoms with Crippen molar-refractivity contribution in [3.63, 3.8) is 0 Å². The van der Waals surface area contributed by atoms with Crippen molar-refractivity contribution in [3.05, 3.63) is 29.3 Å². The van der Waals surface area contributed by atoms with Crippen LogP contribution in [0.1, 0.15) is 30.4 Å². The zero-order valence-electron chi connectivity index (χ0n) is 9.06. The van der Waals surface area contributed by atoms with Crippen LogP contribution in [0.2, 0.25) is 0 Å². The summed E-state index contributed by atoms with van der Waals surface area (Å²) in [4.78, 5) is 10.4. The molecule has 0 aliphatic rings. The van der Waals surface area contributed by atoms with Crippen LogP contribution < -0.4 is 0 Å². The second-order valence-corrected chi connectivity index (χ2v) is 3.59. The van der Waals surface area contributed by atoms with Gasteiger partial charge in [-0.25, -0.2) is 0 Å². The van der Waals surface area contributed by atoms with E-state index < -0.39 is 0 Å². The summed E-state index contributed by atoms with van der Waals surface area (Å²) in [6, 6.07) is 5.52. The number of rotatable bonds is 5. The van der Waals surface area contributed by atoms with Crippen LogP contribution in [0, 0.1) is 0 Å². The lowest BCUT2D eigenvalue weighted by Crippen LogP contribution is -1.98. The molecular formula is C12H16O3. The Balaban J connectivity index is 2.97. The number of carbonyl (C=O) groups excluding carboxylic acids is 1. The standard InChI is InChI=1S/C12H16O3/c1-9(6-7-13)11-5-3-4-10(8-15-2)12(11)14/h3-5,7,9,14H,6,8H2,1-2H3. The van der Waals surface area contributed by atoms with E-state index in [-0.39, 0.29) is 11.7 Å². The van der Waals surface area contributed by atoms with Gasteiger partial charge in [-0.1, -0.05) is 25.1 Å². The van der Waals surface area contributed by atoms with Crippen LogP contribution in [0.15, 0.2) is 18.2 Å². The smallest absolute Gasteiger partial charge is 0.124 e. The summed E-state index contributed by atoms with van der Waals surface area (Å²) < 4.78 is 4.97. The molecule has 3 heteroatoms. The van der Waals surface area contributed by atoms with Crippen LogP contribution in [-0.4, -0.2) is 18.5 Å². The lowest BCUT2D eigenvalue weighted by molar-refractivity contribution is -0.108. The first-order valence-electron chi connectivity index (χ1n) is 4.94. The van der Waals surface area contributed by atoms with Gasteiger partial charge in [0, 0.05) is 19.1 Å². The summed E-state index contributed by atoms with van der Waals surface area (Å²) in [6.07, 6.45) is 1.29. The minimum Gasteiger partial charge on any atom is -0.507 e. The molecule has 1 rings (SSSR count). The van der Waals surface area contributed by atoms with Crippen LogP contribution in [-0.2, 0) is 16.1 Å². The van der Waals surface area contributed by atoms with Crippen LogP contribution >= 0.6 is 0 Å². The number of benzene rings is 1. The van der Waals surface area contributed by atoms with Crippen molar-refractivity contribution in [3.8, 4) is 5.75 Å². The van der Waals surface area contributed by atoms with Crippen LogP contribution in [0.25, 0.3) is 0 Å². The first-order chi connectivity index (χ1) is 7.20. The Bertz CT molecular complexity index is 334. The highest BCUT2D eigenvalue weighted by Gasteiger charge is 2.12. The first-order valence-corrected chi connectivity index (χ1v) is 4.94. The molecule has 1 N–H and O–H groups in total. The zero-order valence-corrected chi connectivity index (χ0v) is 9.06. The third kappa shape index (κ3) is 2.80. The highest BCUT2D eigenvalue weighted by Crippen LogP contribution is 2.30. The van der Waals surface area contributed by atoms with Crippen LogP contribution in [0.5, 0.6) is 5.75 Å². The number of para-hydroxylation sites is 1. The number of hydrogen-bond donors (Lipinski definition) is 1. The summed E-state index contributed by atoms with van der Waals surface area (Å²) in [5.74, 6) is 0.285. The monoisotopic (exact) mass is 208 g/mol. The Morgan fingerprint density at radius 2 is 2.27 bits per heavy atom. The minimum absolute atomic E-state index is 0.0410. The Hall–Kier alpha value is -1.35. The Labute approximate surface area is 89.7 Å². The molecule has 0 radical (unpaired) electrons. The molecule has 0 saturated heterocycles. The predicted molar refractivity (Wildman–Crippen MR) is 57.9 cm³/mol. The largest absolute Gasteiger partial charge is 0.507 e. The van der Waals surface area contributed by atoms with Crippen molar-refractivity contribution >= 4 is 6.29 Å². The fraction of sp³-hybridized carbons (Fsp3) is 0.417. The zero-order chi connectivity index (χ0) is 11.3. The second-order valence-electron chi connectivity index (χ2n) is 3.59. The summed E-state index contributed by atoms with van der Waals surface area (Å²) in [7, 11) is 1.58. The van der Waals surface area contributed by atoms with E-state index in [9.17, 15) is 9.90 Å². The van der Waals surface area contributed by atoms with E-state index in [1.807, 2.05) is 25.1 Å². The molecule has 3 nitrogen and oxygen atoms in total. The SMILES string of the molecule is COCc1cccc(C(C)CC=O)c1O. The van der Waals surface area contributed by atoms with Crippen molar-refractivity contribution in [1.82, 2.24) is 0 Å². The van der Waals surface area contributed by atoms with Crippen molar-refractivity contribution < 1.29 is 14.6 Å². The quantitative estimate of drug-likeness (QED) is 0.755. The number of carbonyl (C=O) groups is 1. The predicted octanol–water partition coefficient (Wildman–Crippen LogP) is 2.23. The number of phenols is 1. The summed E-state index contributed by atoms with van der Waals surface area (Å²) in [5, 5.41) is 9.92. The number of ether oxygens (including phenoxy) is 1. The fourth-order valence-electron chi connectivity index (χ4n) is 1.55. The van der Waals surface area contributed by atoms with Crippen molar-refractivity contribution in [1.29, 1.82) is 0 Å². The van der Waals surface area contributed by atoms with E-state index in [1.54, 1.807) is 7.11 Å². The second kappa shape index (κ2) is 5.51. The molecule has 0 aromatic heterocycles. The van der Waals surface area contributed by atoms with E-state index >= 15 is 0 Å². The average molecular weight is 208 g/mol. The Morgan fingerprint density at radius 1 is 1.53 bits per heavy atom. The highest BCUT2D eigenvalue weighted by atomic mass is 16.5. The highest BCUT2D eigenvalue weighted by molar-refractivity contribution is 5.53. The molecule has 0 fully saturated rings. The first kappa shape index (κ1) is 11.7. The summed E-state index contributed by atoms with van der Waals surface area (Å²) in [6.45, 7) is 2.30. The molecule has 1 unspecified atom stereocenters. The van der Waals surface area contributed by atoms with Gasteiger partial charge in [-0.05, 0) is 11.5 Å². The molecule has 1 aromatic carbocycles. The maximum absolute atomic E-state index is 10.4. The molecule has 1 atom stereocenters. The van der Waals surface area contributed by atoms with Gasteiger partial charge in [-0.3, -0.25) is 0 Å². The molecule has 0 amide bonds. The van der Waals surface area contributed by atoms with Gasteiger partial charge in [0.1, 0.15) is 12.0 Å².